The second kappa shape index (κ2) is 11.0. The summed E-state index contributed by atoms with van der Waals surface area (Å²) >= 11 is 0. The maximum absolute atomic E-state index is 12.5. The van der Waals surface area contributed by atoms with Crippen LogP contribution in [0.15, 0.2) is 35.9 Å². The Balaban J connectivity index is 1.22. The molecule has 3 nitrogen and oxygen atoms in total. The first-order valence-electron chi connectivity index (χ1n) is 15.7. The zero-order valence-electron chi connectivity index (χ0n) is 24.9. The zero-order chi connectivity index (χ0) is 27.1. The van der Waals surface area contributed by atoms with Crippen LogP contribution in [-0.4, -0.2) is 12.3 Å². The number of rotatable bonds is 7. The fraction of sp³-hybridized carbons (Fsp3) is 0.743. The molecule has 4 aliphatic carbocycles. The van der Waals surface area contributed by atoms with Crippen molar-refractivity contribution in [3.8, 4) is 5.75 Å². The molecular formula is C35H52O3. The molecule has 1 aromatic rings. The van der Waals surface area contributed by atoms with Crippen molar-refractivity contribution in [3.63, 3.8) is 0 Å². The van der Waals surface area contributed by atoms with Crippen molar-refractivity contribution in [1.82, 2.24) is 0 Å². The van der Waals surface area contributed by atoms with Gasteiger partial charge >= 0.3 is 6.16 Å². The Morgan fingerprint density at radius 1 is 1.03 bits per heavy atom. The van der Waals surface area contributed by atoms with Crippen molar-refractivity contribution >= 4 is 6.16 Å². The summed E-state index contributed by atoms with van der Waals surface area (Å²) in [6.07, 6.45) is 16.0. The van der Waals surface area contributed by atoms with E-state index in [0.29, 0.717) is 11.2 Å². The number of aryl methyl sites for hydroxylation is 1. The van der Waals surface area contributed by atoms with E-state index in [1.54, 1.807) is 5.57 Å². The first-order chi connectivity index (χ1) is 18.1. The van der Waals surface area contributed by atoms with Gasteiger partial charge in [-0.2, -0.15) is 0 Å². The molecule has 0 saturated heterocycles. The third-order valence-corrected chi connectivity index (χ3v) is 11.7. The van der Waals surface area contributed by atoms with Gasteiger partial charge < -0.3 is 9.47 Å². The van der Waals surface area contributed by atoms with Crippen molar-refractivity contribution in [2.75, 3.05) is 0 Å². The normalized spacial score (nSPS) is 37.0. The lowest BCUT2D eigenvalue weighted by molar-refractivity contribution is -0.0597. The van der Waals surface area contributed by atoms with Gasteiger partial charge in [0.15, 0.2) is 0 Å². The lowest BCUT2D eigenvalue weighted by Gasteiger charge is -2.58. The summed E-state index contributed by atoms with van der Waals surface area (Å²) in [5, 5.41) is 0. The molecule has 0 aromatic heterocycles. The molecule has 3 heteroatoms. The largest absolute Gasteiger partial charge is 0.514 e. The Hall–Kier alpha value is -1.77. The molecule has 1 aromatic carbocycles. The number of carbonyl (C=O) groups is 1. The average Bonchev–Trinajstić information content (AvgIpc) is 3.21. The lowest BCUT2D eigenvalue weighted by atomic mass is 9.47. The van der Waals surface area contributed by atoms with E-state index in [1.807, 2.05) is 31.2 Å². The molecule has 3 saturated carbocycles. The molecule has 4 aliphatic rings. The number of hydrogen-bond donors (Lipinski definition) is 0. The molecule has 0 unspecified atom stereocenters. The highest BCUT2D eigenvalue weighted by atomic mass is 16.7. The molecule has 0 N–H and O–H groups in total. The van der Waals surface area contributed by atoms with Crippen molar-refractivity contribution in [2.45, 2.75) is 118 Å². The van der Waals surface area contributed by atoms with Gasteiger partial charge in [-0.25, -0.2) is 4.79 Å². The fourth-order valence-electron chi connectivity index (χ4n) is 9.69. The molecule has 0 spiro atoms. The van der Waals surface area contributed by atoms with Gasteiger partial charge in [-0.1, -0.05) is 77.7 Å². The quantitative estimate of drug-likeness (QED) is 0.204. The van der Waals surface area contributed by atoms with E-state index < -0.39 is 6.16 Å². The first-order valence-corrected chi connectivity index (χ1v) is 15.7. The Bertz CT molecular complexity index is 1030. The highest BCUT2D eigenvalue weighted by Crippen LogP contribution is 2.67. The van der Waals surface area contributed by atoms with E-state index in [4.69, 9.17) is 9.47 Å². The Morgan fingerprint density at radius 3 is 2.61 bits per heavy atom. The van der Waals surface area contributed by atoms with Crippen LogP contribution in [0.1, 0.15) is 111 Å². The van der Waals surface area contributed by atoms with E-state index in [9.17, 15) is 4.79 Å². The van der Waals surface area contributed by atoms with Crippen LogP contribution in [0.3, 0.4) is 0 Å². The molecule has 210 valence electrons. The smallest absolute Gasteiger partial charge is 0.430 e. The Labute approximate surface area is 232 Å². The molecule has 0 amide bonds. The minimum Gasteiger partial charge on any atom is -0.430 e. The van der Waals surface area contributed by atoms with E-state index in [0.717, 1.165) is 60.3 Å². The van der Waals surface area contributed by atoms with Crippen molar-refractivity contribution < 1.29 is 14.3 Å². The molecule has 0 aliphatic heterocycles. The summed E-state index contributed by atoms with van der Waals surface area (Å²) in [5.41, 5.74) is 3.42. The predicted octanol–water partition coefficient (Wildman–Crippen LogP) is 9.92. The molecule has 8 atom stereocenters. The van der Waals surface area contributed by atoms with Crippen LogP contribution in [0.4, 0.5) is 4.79 Å². The van der Waals surface area contributed by atoms with Gasteiger partial charge in [0, 0.05) is 6.42 Å². The van der Waals surface area contributed by atoms with Crippen LogP contribution in [-0.2, 0) is 4.74 Å². The van der Waals surface area contributed by atoms with Gasteiger partial charge in [0.25, 0.3) is 0 Å². The molecule has 5 rings (SSSR count). The fourth-order valence-corrected chi connectivity index (χ4v) is 9.69. The van der Waals surface area contributed by atoms with Gasteiger partial charge in [0.05, 0.1) is 0 Å². The average molecular weight is 521 g/mol. The number of fused-ring (bicyclic) bond motifs is 5. The molecular weight excluding hydrogens is 468 g/mol. The summed E-state index contributed by atoms with van der Waals surface area (Å²) in [6.45, 7) is 14.5. The summed E-state index contributed by atoms with van der Waals surface area (Å²) in [4.78, 5) is 12.5. The monoisotopic (exact) mass is 520 g/mol. The van der Waals surface area contributed by atoms with Gasteiger partial charge in [0.2, 0.25) is 0 Å². The van der Waals surface area contributed by atoms with Crippen LogP contribution >= 0.6 is 0 Å². The van der Waals surface area contributed by atoms with Crippen LogP contribution in [0.25, 0.3) is 0 Å². The third-order valence-electron chi connectivity index (χ3n) is 11.7. The number of allylic oxidation sites excluding steroid dienone is 1. The number of hydrogen-bond acceptors (Lipinski definition) is 3. The second-order valence-corrected chi connectivity index (χ2v) is 14.4. The highest BCUT2D eigenvalue weighted by Gasteiger charge is 2.59. The molecule has 3 fully saturated rings. The zero-order valence-corrected chi connectivity index (χ0v) is 24.9. The van der Waals surface area contributed by atoms with Gasteiger partial charge in [-0.05, 0) is 116 Å². The molecule has 0 radical (unpaired) electrons. The van der Waals surface area contributed by atoms with E-state index in [2.05, 4.69) is 40.7 Å². The second-order valence-electron chi connectivity index (χ2n) is 14.4. The van der Waals surface area contributed by atoms with Crippen molar-refractivity contribution in [1.29, 1.82) is 0 Å². The number of ether oxygens (including phenoxy) is 2. The van der Waals surface area contributed by atoms with Crippen LogP contribution < -0.4 is 4.74 Å². The van der Waals surface area contributed by atoms with E-state index in [1.165, 1.54) is 51.4 Å². The van der Waals surface area contributed by atoms with Crippen molar-refractivity contribution in [2.24, 2.45) is 46.3 Å². The summed E-state index contributed by atoms with van der Waals surface area (Å²) in [6, 6.07) is 7.59. The summed E-state index contributed by atoms with van der Waals surface area (Å²) in [5.74, 6) is 5.65. The van der Waals surface area contributed by atoms with E-state index >= 15 is 0 Å². The minimum absolute atomic E-state index is 0.0698. The molecule has 38 heavy (non-hydrogen) atoms. The Morgan fingerprint density at radius 2 is 1.84 bits per heavy atom. The Kier molecular flexibility index (Phi) is 8.05. The van der Waals surface area contributed by atoms with E-state index in [-0.39, 0.29) is 11.5 Å². The van der Waals surface area contributed by atoms with Crippen molar-refractivity contribution in [3.05, 3.63) is 41.5 Å². The predicted molar refractivity (Wildman–Crippen MR) is 155 cm³/mol. The minimum atomic E-state index is -0.563. The SMILES string of the molecule is Cc1cccc(OC(=O)O[C@H]2CC[C@@]3(C)C(=CC[C@H]4[C@H]5CC[C@H]([C@@H](C)CCCC(C)C)[C@]5(C)CC[C@H]43)C2)c1. The maximum Gasteiger partial charge on any atom is 0.514 e. The van der Waals surface area contributed by atoms with Crippen LogP contribution in [0.5, 0.6) is 5.75 Å². The highest BCUT2D eigenvalue weighted by molar-refractivity contribution is 5.64. The summed E-state index contributed by atoms with van der Waals surface area (Å²) in [7, 11) is 0. The third kappa shape index (κ3) is 5.33. The van der Waals surface area contributed by atoms with Crippen LogP contribution in [0, 0.1) is 53.3 Å². The molecule has 0 heterocycles. The summed E-state index contributed by atoms with van der Waals surface area (Å²) < 4.78 is 11.3. The lowest BCUT2D eigenvalue weighted by Crippen LogP contribution is -2.51. The number of benzene rings is 1. The van der Waals surface area contributed by atoms with Gasteiger partial charge in [-0.3, -0.25) is 0 Å². The van der Waals surface area contributed by atoms with Gasteiger partial charge in [-0.15, -0.1) is 0 Å². The topological polar surface area (TPSA) is 35.5 Å². The first kappa shape index (κ1) is 27.8. The maximum atomic E-state index is 12.5. The molecule has 0 bridgehead atoms. The standard InChI is InChI=1S/C35H52O3/c1-23(2)9-7-11-25(4)30-15-16-31-29-14-13-26-22-28(38-33(36)37-27-12-8-10-24(3)21-27)17-19-34(26,5)32(29)18-20-35(30,31)6/h8,10,12-13,21,23,25,28-32H,7,9,11,14-20,22H2,1-6H3/t25-,28-,29-,30+,31+,32+,34-,35-/m0/s1. The number of carbonyl (C=O) groups excluding carboxylic acids is 1. The van der Waals surface area contributed by atoms with Gasteiger partial charge in [0.1, 0.15) is 11.9 Å². The van der Waals surface area contributed by atoms with Crippen LogP contribution in [0.2, 0.25) is 0 Å².